The molecule has 0 aromatic heterocycles. The number of carboxylic acids is 1. The van der Waals surface area contributed by atoms with Crippen molar-refractivity contribution in [2.75, 3.05) is 0 Å². The van der Waals surface area contributed by atoms with E-state index in [4.69, 9.17) is 0 Å². The van der Waals surface area contributed by atoms with Crippen molar-refractivity contribution in [3.8, 4) is 0 Å². The molecule has 1 fully saturated rings. The minimum absolute atomic E-state index is 0.0450. The lowest BCUT2D eigenvalue weighted by Gasteiger charge is -2.25. The van der Waals surface area contributed by atoms with E-state index in [1.165, 1.54) is 0 Å². The van der Waals surface area contributed by atoms with Crippen LogP contribution < -0.4 is 0 Å². The van der Waals surface area contributed by atoms with Crippen LogP contribution in [0, 0.1) is 23.3 Å². The molecule has 0 saturated heterocycles. The van der Waals surface area contributed by atoms with E-state index < -0.39 is 44.7 Å². The van der Waals surface area contributed by atoms with Crippen LogP contribution in [0.5, 0.6) is 0 Å². The van der Waals surface area contributed by atoms with Crippen molar-refractivity contribution in [2.45, 2.75) is 31.1 Å². The molecular weight excluding hydrogens is 332 g/mol. The van der Waals surface area contributed by atoms with Gasteiger partial charge in [0.2, 0.25) is 0 Å². The number of hydrogen-bond donors (Lipinski definition) is 1. The van der Waals surface area contributed by atoms with Gasteiger partial charge in [0, 0.05) is 5.56 Å². The summed E-state index contributed by atoms with van der Waals surface area (Å²) in [5.41, 5.74) is -2.91. The van der Waals surface area contributed by atoms with E-state index >= 15 is 0 Å². The maximum absolute atomic E-state index is 13.9. The van der Waals surface area contributed by atoms with E-state index in [-0.39, 0.29) is 12.8 Å². The Morgan fingerprint density at radius 3 is 1.79 bits per heavy atom. The smallest absolute Gasteiger partial charge is 0.314 e. The first kappa shape index (κ1) is 14.3. The summed E-state index contributed by atoms with van der Waals surface area (Å²) in [6.07, 6.45) is 0.780. The van der Waals surface area contributed by atoms with Gasteiger partial charge in [-0.1, -0.05) is 12.8 Å². The van der Waals surface area contributed by atoms with Crippen LogP contribution >= 0.6 is 15.9 Å². The number of hydrogen-bond acceptors (Lipinski definition) is 1. The van der Waals surface area contributed by atoms with Crippen LogP contribution in [-0.2, 0) is 10.2 Å². The van der Waals surface area contributed by atoms with Crippen LogP contribution in [0.15, 0.2) is 4.47 Å². The first-order valence-electron chi connectivity index (χ1n) is 5.58. The number of halogens is 5. The second kappa shape index (κ2) is 4.77. The van der Waals surface area contributed by atoms with Gasteiger partial charge >= 0.3 is 5.97 Å². The maximum Gasteiger partial charge on any atom is 0.314 e. The van der Waals surface area contributed by atoms with E-state index in [0.717, 1.165) is 0 Å². The van der Waals surface area contributed by atoms with E-state index in [9.17, 15) is 27.5 Å². The predicted octanol–water partition coefficient (Wildman–Crippen LogP) is 3.90. The summed E-state index contributed by atoms with van der Waals surface area (Å²) in [5, 5.41) is 9.23. The Morgan fingerprint density at radius 2 is 1.42 bits per heavy atom. The Bertz CT molecular complexity index is 524. The first-order chi connectivity index (χ1) is 8.83. The lowest BCUT2D eigenvalue weighted by atomic mass is 9.78. The average molecular weight is 341 g/mol. The van der Waals surface area contributed by atoms with Crippen molar-refractivity contribution in [1.82, 2.24) is 0 Å². The van der Waals surface area contributed by atoms with E-state index in [1.54, 1.807) is 0 Å². The van der Waals surface area contributed by atoms with Crippen molar-refractivity contribution in [2.24, 2.45) is 0 Å². The number of rotatable bonds is 2. The highest BCUT2D eigenvalue weighted by Crippen LogP contribution is 2.45. The third-order valence-corrected chi connectivity index (χ3v) is 4.25. The van der Waals surface area contributed by atoms with E-state index in [1.807, 2.05) is 0 Å². The lowest BCUT2D eigenvalue weighted by Crippen LogP contribution is -2.35. The molecule has 2 rings (SSSR count). The van der Waals surface area contributed by atoms with Gasteiger partial charge in [0.25, 0.3) is 0 Å². The van der Waals surface area contributed by atoms with Gasteiger partial charge in [0.1, 0.15) is 0 Å². The molecule has 0 heterocycles. The van der Waals surface area contributed by atoms with Crippen molar-refractivity contribution in [3.63, 3.8) is 0 Å². The molecule has 7 heteroatoms. The molecule has 104 valence electrons. The third kappa shape index (κ3) is 1.94. The second-order valence-corrected chi connectivity index (χ2v) is 5.33. The van der Waals surface area contributed by atoms with Gasteiger partial charge in [0.05, 0.1) is 9.89 Å². The molecule has 1 aromatic carbocycles. The molecule has 0 bridgehead atoms. The molecular formula is C12H9BrF4O2. The summed E-state index contributed by atoms with van der Waals surface area (Å²) in [6.45, 7) is 0. The first-order valence-corrected chi connectivity index (χ1v) is 6.37. The Kier molecular flexibility index (Phi) is 3.59. The Hall–Kier alpha value is -1.11. The standard InChI is InChI=1S/C12H9BrF4O2/c13-6-9(16)7(14)5(8(15)10(6)17)12(11(18)19)3-1-2-4-12/h1-4H2,(H,18,19). The summed E-state index contributed by atoms with van der Waals surface area (Å²) in [7, 11) is 0. The second-order valence-electron chi connectivity index (χ2n) is 4.54. The predicted molar refractivity (Wildman–Crippen MR) is 61.8 cm³/mol. The number of carboxylic acid groups (broad SMARTS) is 1. The number of benzene rings is 1. The Labute approximate surface area is 114 Å². The van der Waals surface area contributed by atoms with Crippen LogP contribution in [-0.4, -0.2) is 11.1 Å². The van der Waals surface area contributed by atoms with E-state index in [2.05, 4.69) is 15.9 Å². The van der Waals surface area contributed by atoms with Gasteiger partial charge in [-0.3, -0.25) is 4.79 Å². The van der Waals surface area contributed by atoms with Crippen molar-refractivity contribution in [3.05, 3.63) is 33.3 Å². The fourth-order valence-corrected chi connectivity index (χ4v) is 2.92. The van der Waals surface area contributed by atoms with Gasteiger partial charge in [-0.25, -0.2) is 17.6 Å². The highest BCUT2D eigenvalue weighted by molar-refractivity contribution is 9.10. The van der Waals surface area contributed by atoms with Crippen LogP contribution in [0.1, 0.15) is 31.2 Å². The highest BCUT2D eigenvalue weighted by atomic mass is 79.9. The zero-order chi connectivity index (χ0) is 14.4. The SMILES string of the molecule is O=C(O)C1(c2c(F)c(F)c(Br)c(F)c2F)CCCC1. The molecule has 0 unspecified atom stereocenters. The fourth-order valence-electron chi connectivity index (χ4n) is 2.57. The molecule has 1 N–H and O–H groups in total. The van der Waals surface area contributed by atoms with Gasteiger partial charge in [-0.15, -0.1) is 0 Å². The maximum atomic E-state index is 13.9. The molecule has 1 aliphatic rings. The normalized spacial score (nSPS) is 17.7. The number of aliphatic carboxylic acids is 1. The molecule has 0 atom stereocenters. The highest BCUT2D eigenvalue weighted by Gasteiger charge is 2.48. The van der Waals surface area contributed by atoms with Gasteiger partial charge in [-0.05, 0) is 28.8 Å². The van der Waals surface area contributed by atoms with Crippen molar-refractivity contribution < 1.29 is 27.5 Å². The van der Waals surface area contributed by atoms with E-state index in [0.29, 0.717) is 12.8 Å². The van der Waals surface area contributed by atoms with Crippen molar-refractivity contribution in [1.29, 1.82) is 0 Å². The topological polar surface area (TPSA) is 37.3 Å². The summed E-state index contributed by atoms with van der Waals surface area (Å²) in [5.74, 6) is -7.98. The van der Waals surface area contributed by atoms with Crippen molar-refractivity contribution >= 4 is 21.9 Å². The third-order valence-electron chi connectivity index (χ3n) is 3.55. The quantitative estimate of drug-likeness (QED) is 0.503. The minimum Gasteiger partial charge on any atom is -0.481 e. The van der Waals surface area contributed by atoms with Gasteiger partial charge < -0.3 is 5.11 Å². The molecule has 19 heavy (non-hydrogen) atoms. The summed E-state index contributed by atoms with van der Waals surface area (Å²) < 4.78 is 53.8. The zero-order valence-corrected chi connectivity index (χ0v) is 11.2. The van der Waals surface area contributed by atoms with Gasteiger partial charge in [-0.2, -0.15) is 0 Å². The number of carbonyl (C=O) groups is 1. The van der Waals surface area contributed by atoms with Crippen LogP contribution in [0.3, 0.4) is 0 Å². The monoisotopic (exact) mass is 340 g/mol. The fraction of sp³-hybridized carbons (Fsp3) is 0.417. The largest absolute Gasteiger partial charge is 0.481 e. The molecule has 1 saturated carbocycles. The summed E-state index contributed by atoms with van der Waals surface area (Å²) >= 11 is 2.40. The zero-order valence-electron chi connectivity index (χ0n) is 9.57. The average Bonchev–Trinajstić information content (AvgIpc) is 2.85. The minimum atomic E-state index is -1.89. The van der Waals surface area contributed by atoms with Crippen LogP contribution in [0.2, 0.25) is 0 Å². The molecule has 1 aromatic rings. The molecule has 1 aliphatic carbocycles. The Morgan fingerprint density at radius 1 is 1.00 bits per heavy atom. The Balaban J connectivity index is 2.78. The molecule has 2 nitrogen and oxygen atoms in total. The van der Waals surface area contributed by atoms with Crippen LogP contribution in [0.25, 0.3) is 0 Å². The lowest BCUT2D eigenvalue weighted by molar-refractivity contribution is -0.143. The molecule has 0 spiro atoms. The van der Waals surface area contributed by atoms with Gasteiger partial charge in [0.15, 0.2) is 23.3 Å². The molecule has 0 aliphatic heterocycles. The summed E-state index contributed by atoms with van der Waals surface area (Å²) in [6, 6.07) is 0. The van der Waals surface area contributed by atoms with Crippen LogP contribution in [0.4, 0.5) is 17.6 Å². The summed E-state index contributed by atoms with van der Waals surface area (Å²) in [4.78, 5) is 11.3. The molecule has 0 amide bonds. The molecule has 0 radical (unpaired) electrons.